The first-order valence-electron chi connectivity index (χ1n) is 8.59. The van der Waals surface area contributed by atoms with Crippen LogP contribution in [0.2, 0.25) is 5.02 Å². The minimum Gasteiger partial charge on any atom is -0.338 e. The third-order valence-electron chi connectivity index (χ3n) is 5.30. The zero-order chi connectivity index (χ0) is 15.6. The van der Waals surface area contributed by atoms with Gasteiger partial charge in [-0.25, -0.2) is 0 Å². The van der Waals surface area contributed by atoms with Gasteiger partial charge in [0.1, 0.15) is 0 Å². The van der Waals surface area contributed by atoms with Gasteiger partial charge in [-0.2, -0.15) is 4.98 Å². The summed E-state index contributed by atoms with van der Waals surface area (Å²) >= 11 is 5.92. The molecule has 122 valence electrons. The van der Waals surface area contributed by atoms with Crippen molar-refractivity contribution in [1.29, 1.82) is 0 Å². The van der Waals surface area contributed by atoms with E-state index in [1.807, 2.05) is 24.3 Å². The summed E-state index contributed by atoms with van der Waals surface area (Å²) in [4.78, 5) is 7.02. The van der Waals surface area contributed by atoms with Crippen molar-refractivity contribution in [3.63, 3.8) is 0 Å². The topological polar surface area (TPSA) is 42.2 Å². The van der Waals surface area contributed by atoms with Crippen LogP contribution in [0.25, 0.3) is 11.4 Å². The van der Waals surface area contributed by atoms with Crippen LogP contribution in [0.5, 0.6) is 0 Å². The standard InChI is InChI=1S/C18H22ClN3O/c19-16-7-5-14(6-8-16)18-20-17(23-21-18)12-22-10-9-13-3-1-2-4-15(13)11-22/h5-8,13,15H,1-4,9-12H2/t13-,15-/m0/s1. The van der Waals surface area contributed by atoms with Gasteiger partial charge < -0.3 is 4.52 Å². The third kappa shape index (κ3) is 3.43. The second kappa shape index (κ2) is 6.62. The van der Waals surface area contributed by atoms with E-state index in [2.05, 4.69) is 15.0 Å². The summed E-state index contributed by atoms with van der Waals surface area (Å²) in [6.45, 7) is 3.10. The Kier molecular flexibility index (Phi) is 4.36. The normalized spacial score (nSPS) is 25.3. The molecule has 1 saturated heterocycles. The molecule has 0 spiro atoms. The lowest BCUT2D eigenvalue weighted by atomic mass is 9.75. The number of benzene rings is 1. The van der Waals surface area contributed by atoms with Gasteiger partial charge in [0.05, 0.1) is 6.54 Å². The second-order valence-electron chi connectivity index (χ2n) is 6.85. The van der Waals surface area contributed by atoms with Gasteiger partial charge in [0.25, 0.3) is 0 Å². The SMILES string of the molecule is Clc1ccc(-c2noc(CN3CC[C@@H]4CCCC[C@H]4C3)n2)cc1. The molecule has 0 radical (unpaired) electrons. The van der Waals surface area contributed by atoms with Crippen LogP contribution < -0.4 is 0 Å². The van der Waals surface area contributed by atoms with Gasteiger partial charge in [0.15, 0.2) is 0 Å². The van der Waals surface area contributed by atoms with Crippen LogP contribution >= 0.6 is 11.6 Å². The molecule has 2 heterocycles. The van der Waals surface area contributed by atoms with Crippen LogP contribution in [-0.4, -0.2) is 28.1 Å². The van der Waals surface area contributed by atoms with Crippen LogP contribution in [0.4, 0.5) is 0 Å². The van der Waals surface area contributed by atoms with E-state index >= 15 is 0 Å². The molecule has 4 rings (SSSR count). The molecule has 2 aromatic rings. The molecule has 1 aliphatic carbocycles. The number of likely N-dealkylation sites (tertiary alicyclic amines) is 1. The molecule has 23 heavy (non-hydrogen) atoms. The van der Waals surface area contributed by atoms with Crippen molar-refractivity contribution in [2.75, 3.05) is 13.1 Å². The molecular formula is C18H22ClN3O. The molecule has 1 aliphatic heterocycles. The predicted molar refractivity (Wildman–Crippen MR) is 90.1 cm³/mol. The van der Waals surface area contributed by atoms with Gasteiger partial charge in [0, 0.05) is 17.1 Å². The number of halogens is 1. The molecule has 2 fully saturated rings. The Balaban J connectivity index is 1.40. The summed E-state index contributed by atoms with van der Waals surface area (Å²) in [5.74, 6) is 3.18. The van der Waals surface area contributed by atoms with Crippen molar-refractivity contribution in [3.05, 3.63) is 35.2 Å². The predicted octanol–water partition coefficient (Wildman–Crippen LogP) is 4.40. The molecule has 0 bridgehead atoms. The number of rotatable bonds is 3. The van der Waals surface area contributed by atoms with Gasteiger partial charge in [-0.3, -0.25) is 4.90 Å². The van der Waals surface area contributed by atoms with E-state index in [1.165, 1.54) is 38.6 Å². The van der Waals surface area contributed by atoms with Crippen molar-refractivity contribution in [3.8, 4) is 11.4 Å². The third-order valence-corrected chi connectivity index (χ3v) is 5.56. The molecule has 2 atom stereocenters. The summed E-state index contributed by atoms with van der Waals surface area (Å²) in [6, 6.07) is 7.54. The molecule has 0 unspecified atom stereocenters. The van der Waals surface area contributed by atoms with E-state index < -0.39 is 0 Å². The fourth-order valence-electron chi connectivity index (χ4n) is 4.05. The van der Waals surface area contributed by atoms with Crippen LogP contribution in [0.3, 0.4) is 0 Å². The number of aromatic nitrogens is 2. The maximum atomic E-state index is 5.92. The largest absolute Gasteiger partial charge is 0.338 e. The Labute approximate surface area is 141 Å². The van der Waals surface area contributed by atoms with E-state index in [9.17, 15) is 0 Å². The quantitative estimate of drug-likeness (QED) is 0.835. The zero-order valence-electron chi connectivity index (χ0n) is 13.2. The maximum absolute atomic E-state index is 5.92. The zero-order valence-corrected chi connectivity index (χ0v) is 14.0. The lowest BCUT2D eigenvalue weighted by Gasteiger charge is -2.40. The Morgan fingerprint density at radius 3 is 2.70 bits per heavy atom. The number of hydrogen-bond donors (Lipinski definition) is 0. The molecule has 1 saturated carbocycles. The van der Waals surface area contributed by atoms with Crippen molar-refractivity contribution in [2.45, 2.75) is 38.6 Å². The molecule has 0 amide bonds. The molecule has 0 N–H and O–H groups in total. The highest BCUT2D eigenvalue weighted by molar-refractivity contribution is 6.30. The highest BCUT2D eigenvalue weighted by Gasteiger charge is 2.31. The molecular weight excluding hydrogens is 310 g/mol. The highest BCUT2D eigenvalue weighted by Crippen LogP contribution is 2.36. The summed E-state index contributed by atoms with van der Waals surface area (Å²) in [6.07, 6.45) is 6.97. The monoisotopic (exact) mass is 331 g/mol. The minimum absolute atomic E-state index is 0.643. The number of piperidine rings is 1. The summed E-state index contributed by atoms with van der Waals surface area (Å²) in [5.41, 5.74) is 0.940. The van der Waals surface area contributed by atoms with Crippen LogP contribution in [-0.2, 0) is 6.54 Å². The Morgan fingerprint density at radius 1 is 1.09 bits per heavy atom. The van der Waals surface area contributed by atoms with Crippen LogP contribution in [0.1, 0.15) is 38.0 Å². The van der Waals surface area contributed by atoms with Gasteiger partial charge in [-0.15, -0.1) is 0 Å². The van der Waals surface area contributed by atoms with Crippen molar-refractivity contribution >= 4 is 11.6 Å². The van der Waals surface area contributed by atoms with E-state index in [1.54, 1.807) is 0 Å². The summed E-state index contributed by atoms with van der Waals surface area (Å²) < 4.78 is 5.45. The van der Waals surface area contributed by atoms with E-state index in [0.717, 1.165) is 30.5 Å². The number of fused-ring (bicyclic) bond motifs is 1. The van der Waals surface area contributed by atoms with Gasteiger partial charge >= 0.3 is 0 Å². The van der Waals surface area contributed by atoms with Crippen molar-refractivity contribution in [2.24, 2.45) is 11.8 Å². The Bertz CT molecular complexity index is 655. The average molecular weight is 332 g/mol. The summed E-state index contributed by atoms with van der Waals surface area (Å²) in [7, 11) is 0. The fourth-order valence-corrected chi connectivity index (χ4v) is 4.17. The minimum atomic E-state index is 0.643. The molecule has 1 aromatic carbocycles. The van der Waals surface area contributed by atoms with Gasteiger partial charge in [0.2, 0.25) is 11.7 Å². The summed E-state index contributed by atoms with van der Waals surface area (Å²) in [5, 5.41) is 4.82. The first-order chi connectivity index (χ1) is 11.3. The highest BCUT2D eigenvalue weighted by atomic mass is 35.5. The lowest BCUT2D eigenvalue weighted by molar-refractivity contribution is 0.0747. The number of hydrogen-bond acceptors (Lipinski definition) is 4. The maximum Gasteiger partial charge on any atom is 0.241 e. The molecule has 1 aromatic heterocycles. The molecule has 5 heteroatoms. The van der Waals surface area contributed by atoms with E-state index in [4.69, 9.17) is 16.1 Å². The lowest BCUT2D eigenvalue weighted by Crippen LogP contribution is -2.41. The Morgan fingerprint density at radius 2 is 1.87 bits per heavy atom. The molecule has 2 aliphatic rings. The van der Waals surface area contributed by atoms with Crippen molar-refractivity contribution < 1.29 is 4.52 Å². The van der Waals surface area contributed by atoms with Crippen LogP contribution in [0.15, 0.2) is 28.8 Å². The fraction of sp³-hybridized carbons (Fsp3) is 0.556. The van der Waals surface area contributed by atoms with Gasteiger partial charge in [-0.05, 0) is 55.5 Å². The number of nitrogens with zero attached hydrogens (tertiary/aromatic N) is 3. The van der Waals surface area contributed by atoms with E-state index in [-0.39, 0.29) is 0 Å². The average Bonchev–Trinajstić information content (AvgIpc) is 3.04. The van der Waals surface area contributed by atoms with Crippen LogP contribution in [0, 0.1) is 11.8 Å². The second-order valence-corrected chi connectivity index (χ2v) is 7.28. The first-order valence-corrected chi connectivity index (χ1v) is 8.96. The molecule has 4 nitrogen and oxygen atoms in total. The Hall–Kier alpha value is -1.39. The first kappa shape index (κ1) is 15.2. The van der Waals surface area contributed by atoms with E-state index in [0.29, 0.717) is 16.7 Å². The smallest absolute Gasteiger partial charge is 0.241 e. The van der Waals surface area contributed by atoms with Crippen molar-refractivity contribution in [1.82, 2.24) is 15.0 Å². The van der Waals surface area contributed by atoms with Gasteiger partial charge in [-0.1, -0.05) is 36.0 Å².